The van der Waals surface area contributed by atoms with Gasteiger partial charge in [0.25, 0.3) is 0 Å². The number of hydrazone groups is 1. The highest BCUT2D eigenvalue weighted by atomic mass is 35.5. The van der Waals surface area contributed by atoms with E-state index in [1.165, 1.54) is 6.20 Å². The first kappa shape index (κ1) is 11.3. The van der Waals surface area contributed by atoms with Gasteiger partial charge in [-0.15, -0.1) is 5.10 Å². The van der Waals surface area contributed by atoms with E-state index in [-0.39, 0.29) is 0 Å². The summed E-state index contributed by atoms with van der Waals surface area (Å²) in [4.78, 5) is 0. The van der Waals surface area contributed by atoms with E-state index < -0.39 is 0 Å². The molecule has 2 aromatic rings. The number of rotatable bonds is 3. The molecule has 0 aliphatic carbocycles. The number of halogens is 1. The molecule has 2 rings (SSSR count). The van der Waals surface area contributed by atoms with Gasteiger partial charge in [0.15, 0.2) is 5.82 Å². The van der Waals surface area contributed by atoms with Crippen molar-refractivity contribution in [3.8, 4) is 0 Å². The molecule has 17 heavy (non-hydrogen) atoms. The highest BCUT2D eigenvalue weighted by Crippen LogP contribution is 2.23. The Morgan fingerprint density at radius 3 is 2.82 bits per heavy atom. The first-order chi connectivity index (χ1) is 8.27. The fourth-order valence-corrected chi connectivity index (χ4v) is 1.29. The van der Waals surface area contributed by atoms with Crippen molar-refractivity contribution in [2.75, 3.05) is 11.2 Å². The van der Waals surface area contributed by atoms with E-state index in [2.05, 4.69) is 20.7 Å². The number of nitrogen functional groups attached to an aromatic ring is 1. The van der Waals surface area contributed by atoms with Gasteiger partial charge in [0, 0.05) is 0 Å². The van der Waals surface area contributed by atoms with Gasteiger partial charge in [0.05, 0.1) is 18.1 Å². The number of anilines is 2. The van der Waals surface area contributed by atoms with Crippen LogP contribution in [0.2, 0.25) is 5.02 Å². The third-order valence-corrected chi connectivity index (χ3v) is 2.40. The van der Waals surface area contributed by atoms with Crippen LogP contribution in [0, 0.1) is 0 Å². The second-order valence-electron chi connectivity index (χ2n) is 3.24. The van der Waals surface area contributed by atoms with Crippen molar-refractivity contribution in [3.63, 3.8) is 0 Å². The molecule has 1 aromatic heterocycles. The van der Waals surface area contributed by atoms with E-state index >= 15 is 0 Å². The number of nitrogens with one attached hydrogen (secondary N) is 1. The largest absolute Gasteiger partial charge is 0.396 e. The van der Waals surface area contributed by atoms with Crippen LogP contribution in [0.1, 0.15) is 5.56 Å². The summed E-state index contributed by atoms with van der Waals surface area (Å²) in [6, 6.07) is 9.64. The standard InChI is InChI=1S/C11H10ClN5/c12-10-9(13)7-15-17-11(10)16-14-6-8-4-2-1-3-5-8/h1-7H,(H3,13,16,17)/b14-6-. The molecule has 5 nitrogen and oxygen atoms in total. The van der Waals surface area contributed by atoms with Gasteiger partial charge in [-0.25, -0.2) is 0 Å². The second kappa shape index (κ2) is 5.27. The molecule has 3 N–H and O–H groups in total. The molecule has 0 radical (unpaired) electrons. The maximum absolute atomic E-state index is 5.91. The summed E-state index contributed by atoms with van der Waals surface area (Å²) >= 11 is 5.91. The van der Waals surface area contributed by atoms with Crippen LogP contribution in [0.25, 0.3) is 0 Å². The lowest BCUT2D eigenvalue weighted by Crippen LogP contribution is -1.99. The third-order valence-electron chi connectivity index (χ3n) is 2.00. The van der Waals surface area contributed by atoms with E-state index in [0.29, 0.717) is 16.5 Å². The van der Waals surface area contributed by atoms with E-state index in [1.54, 1.807) is 6.21 Å². The van der Waals surface area contributed by atoms with Crippen LogP contribution in [-0.2, 0) is 0 Å². The summed E-state index contributed by atoms with van der Waals surface area (Å²) in [7, 11) is 0. The van der Waals surface area contributed by atoms with Gasteiger partial charge in [-0.3, -0.25) is 5.43 Å². The van der Waals surface area contributed by atoms with Crippen LogP contribution < -0.4 is 11.2 Å². The number of hydrogen-bond acceptors (Lipinski definition) is 5. The Labute approximate surface area is 103 Å². The quantitative estimate of drug-likeness (QED) is 0.644. The Kier molecular flexibility index (Phi) is 3.52. The molecule has 0 atom stereocenters. The van der Waals surface area contributed by atoms with Crippen molar-refractivity contribution in [2.24, 2.45) is 5.10 Å². The van der Waals surface area contributed by atoms with Crippen molar-refractivity contribution in [3.05, 3.63) is 47.1 Å². The Hall–Kier alpha value is -2.14. The predicted octanol–water partition coefficient (Wildman–Crippen LogP) is 2.16. The minimum Gasteiger partial charge on any atom is -0.396 e. The van der Waals surface area contributed by atoms with Gasteiger partial charge in [-0.2, -0.15) is 10.2 Å². The molecule has 6 heteroatoms. The maximum atomic E-state index is 5.91. The lowest BCUT2D eigenvalue weighted by Gasteiger charge is -2.02. The molecule has 0 unspecified atom stereocenters. The van der Waals surface area contributed by atoms with E-state index in [4.69, 9.17) is 17.3 Å². The van der Waals surface area contributed by atoms with E-state index in [9.17, 15) is 0 Å². The van der Waals surface area contributed by atoms with E-state index in [0.717, 1.165) is 5.56 Å². The molecule has 0 saturated heterocycles. The van der Waals surface area contributed by atoms with Crippen LogP contribution in [-0.4, -0.2) is 16.4 Å². The highest BCUT2D eigenvalue weighted by Gasteiger charge is 2.04. The number of hydrogen-bond donors (Lipinski definition) is 2. The van der Waals surface area contributed by atoms with Crippen molar-refractivity contribution < 1.29 is 0 Å². The minimum atomic E-state index is 0.310. The Morgan fingerprint density at radius 1 is 1.29 bits per heavy atom. The predicted molar refractivity (Wildman–Crippen MR) is 69.1 cm³/mol. The molecule has 1 aromatic carbocycles. The molecule has 1 heterocycles. The lowest BCUT2D eigenvalue weighted by molar-refractivity contribution is 1.02. The van der Waals surface area contributed by atoms with Crippen LogP contribution >= 0.6 is 11.6 Å². The van der Waals surface area contributed by atoms with Crippen molar-refractivity contribution >= 4 is 29.3 Å². The van der Waals surface area contributed by atoms with Crippen LogP contribution in [0.15, 0.2) is 41.6 Å². The minimum absolute atomic E-state index is 0.310. The second-order valence-corrected chi connectivity index (χ2v) is 3.62. The molecule has 0 amide bonds. The molecule has 0 aliphatic heterocycles. The zero-order valence-corrected chi connectivity index (χ0v) is 9.59. The Balaban J connectivity index is 2.08. The topological polar surface area (TPSA) is 76.2 Å². The Bertz CT molecular complexity index is 527. The summed E-state index contributed by atoms with van der Waals surface area (Å²) in [5.41, 5.74) is 9.59. The number of nitrogens with zero attached hydrogens (tertiary/aromatic N) is 3. The van der Waals surface area contributed by atoms with Gasteiger partial charge in [0.2, 0.25) is 0 Å². The number of aromatic nitrogens is 2. The summed E-state index contributed by atoms with van der Waals surface area (Å²) in [6.45, 7) is 0. The number of benzene rings is 1. The molecule has 0 bridgehead atoms. The van der Waals surface area contributed by atoms with Crippen LogP contribution in [0.4, 0.5) is 11.5 Å². The summed E-state index contributed by atoms with van der Waals surface area (Å²) in [6.07, 6.45) is 3.04. The molecular formula is C11H10ClN5. The average Bonchev–Trinajstić information content (AvgIpc) is 2.36. The van der Waals surface area contributed by atoms with Gasteiger partial charge in [-0.05, 0) is 5.56 Å². The molecule has 0 fully saturated rings. The van der Waals surface area contributed by atoms with Crippen molar-refractivity contribution in [1.29, 1.82) is 0 Å². The smallest absolute Gasteiger partial charge is 0.189 e. The van der Waals surface area contributed by atoms with Gasteiger partial charge in [0.1, 0.15) is 5.02 Å². The van der Waals surface area contributed by atoms with Crippen LogP contribution in [0.3, 0.4) is 0 Å². The van der Waals surface area contributed by atoms with Crippen LogP contribution in [0.5, 0.6) is 0 Å². The fraction of sp³-hybridized carbons (Fsp3) is 0. The monoisotopic (exact) mass is 247 g/mol. The third kappa shape index (κ3) is 2.92. The summed E-state index contributed by atoms with van der Waals surface area (Å²) in [5, 5.41) is 11.8. The molecule has 0 aliphatic rings. The van der Waals surface area contributed by atoms with Gasteiger partial charge < -0.3 is 5.73 Å². The van der Waals surface area contributed by atoms with Crippen molar-refractivity contribution in [1.82, 2.24) is 10.2 Å². The van der Waals surface area contributed by atoms with Gasteiger partial charge >= 0.3 is 0 Å². The molecule has 86 valence electrons. The highest BCUT2D eigenvalue weighted by molar-refractivity contribution is 6.35. The molecular weight excluding hydrogens is 238 g/mol. The average molecular weight is 248 g/mol. The first-order valence-electron chi connectivity index (χ1n) is 4.88. The summed E-state index contributed by atoms with van der Waals surface area (Å²) in [5.74, 6) is 0.332. The molecule has 0 saturated carbocycles. The normalized spacial score (nSPS) is 10.6. The first-order valence-corrected chi connectivity index (χ1v) is 5.26. The zero-order chi connectivity index (χ0) is 12.1. The summed E-state index contributed by atoms with van der Waals surface area (Å²) < 4.78 is 0. The molecule has 0 spiro atoms. The van der Waals surface area contributed by atoms with E-state index in [1.807, 2.05) is 30.3 Å². The maximum Gasteiger partial charge on any atom is 0.189 e. The Morgan fingerprint density at radius 2 is 2.06 bits per heavy atom. The lowest BCUT2D eigenvalue weighted by atomic mass is 10.2. The SMILES string of the molecule is Nc1cnnc(N/N=C\c2ccccc2)c1Cl. The zero-order valence-electron chi connectivity index (χ0n) is 8.84. The van der Waals surface area contributed by atoms with Crippen molar-refractivity contribution in [2.45, 2.75) is 0 Å². The fourth-order valence-electron chi connectivity index (χ4n) is 1.16. The number of nitrogens with two attached hydrogens (primary N) is 1. The van der Waals surface area contributed by atoms with Gasteiger partial charge in [-0.1, -0.05) is 41.9 Å².